The van der Waals surface area contributed by atoms with Crippen molar-refractivity contribution in [1.82, 2.24) is 0 Å². The molecule has 0 radical (unpaired) electrons. The van der Waals surface area contributed by atoms with Crippen LogP contribution in [0.3, 0.4) is 0 Å². The molecule has 0 spiro atoms. The molecule has 2 aromatic carbocycles. The zero-order chi connectivity index (χ0) is 17.9. The van der Waals surface area contributed by atoms with Gasteiger partial charge in [0, 0.05) is 0 Å². The van der Waals surface area contributed by atoms with Gasteiger partial charge in [-0.25, -0.2) is 13.2 Å². The van der Waals surface area contributed by atoms with Gasteiger partial charge in [0.2, 0.25) is 0 Å². The molecule has 0 aliphatic heterocycles. The van der Waals surface area contributed by atoms with Crippen LogP contribution >= 0.6 is 0 Å². The Bertz CT molecular complexity index is 876. The van der Waals surface area contributed by atoms with Crippen molar-refractivity contribution < 1.29 is 27.8 Å². The number of phenols is 1. The maximum Gasteiger partial charge on any atom is 0.337 e. The first-order valence-electron chi connectivity index (χ1n) is 6.87. The summed E-state index contributed by atoms with van der Waals surface area (Å²) in [4.78, 5) is 11.4. The molecule has 0 heterocycles. The average Bonchev–Trinajstić information content (AvgIpc) is 2.55. The minimum absolute atomic E-state index is 0.0542. The van der Waals surface area contributed by atoms with E-state index in [0.717, 1.165) is 11.6 Å². The van der Waals surface area contributed by atoms with Crippen LogP contribution in [0, 0.1) is 6.92 Å². The number of methoxy groups -OCH3 is 2. The molecule has 2 rings (SSSR count). The number of aromatic hydroxyl groups is 1. The van der Waals surface area contributed by atoms with Crippen molar-refractivity contribution >= 4 is 21.7 Å². The molecule has 24 heavy (non-hydrogen) atoms. The van der Waals surface area contributed by atoms with E-state index < -0.39 is 21.7 Å². The second-order valence-electron chi connectivity index (χ2n) is 4.98. The third-order valence-electron chi connectivity index (χ3n) is 3.27. The van der Waals surface area contributed by atoms with Crippen molar-refractivity contribution in [3.8, 4) is 11.5 Å². The van der Waals surface area contributed by atoms with Gasteiger partial charge in [-0.2, -0.15) is 0 Å². The van der Waals surface area contributed by atoms with Crippen LogP contribution in [-0.4, -0.2) is 33.7 Å². The number of benzene rings is 2. The highest BCUT2D eigenvalue weighted by molar-refractivity contribution is 7.92. The first kappa shape index (κ1) is 17.6. The van der Waals surface area contributed by atoms with Gasteiger partial charge < -0.3 is 14.6 Å². The van der Waals surface area contributed by atoms with E-state index in [0.29, 0.717) is 0 Å². The van der Waals surface area contributed by atoms with Gasteiger partial charge in [0.15, 0.2) is 0 Å². The van der Waals surface area contributed by atoms with Gasteiger partial charge in [0.05, 0.1) is 25.5 Å². The SMILES string of the molecule is COC(=O)c1ccc(NS(=O)(=O)c2cc(C)ccc2OC)c(O)c1. The Hall–Kier alpha value is -2.74. The maximum absolute atomic E-state index is 12.6. The van der Waals surface area contributed by atoms with Gasteiger partial charge in [-0.1, -0.05) is 6.07 Å². The molecule has 8 heteroatoms. The van der Waals surface area contributed by atoms with Crippen molar-refractivity contribution in [2.45, 2.75) is 11.8 Å². The van der Waals surface area contributed by atoms with Gasteiger partial charge in [-0.3, -0.25) is 4.72 Å². The summed E-state index contributed by atoms with van der Waals surface area (Å²) in [6.07, 6.45) is 0. The Morgan fingerprint density at radius 3 is 2.42 bits per heavy atom. The molecule has 0 amide bonds. The predicted molar refractivity (Wildman–Crippen MR) is 88.0 cm³/mol. The van der Waals surface area contributed by atoms with E-state index in [4.69, 9.17) is 4.74 Å². The summed E-state index contributed by atoms with van der Waals surface area (Å²) >= 11 is 0. The van der Waals surface area contributed by atoms with E-state index in [2.05, 4.69) is 9.46 Å². The van der Waals surface area contributed by atoms with Gasteiger partial charge in [0.1, 0.15) is 16.4 Å². The first-order chi connectivity index (χ1) is 11.3. The van der Waals surface area contributed by atoms with E-state index >= 15 is 0 Å². The lowest BCUT2D eigenvalue weighted by Crippen LogP contribution is -2.14. The Morgan fingerprint density at radius 1 is 1.12 bits per heavy atom. The standard InChI is InChI=1S/C16H17NO6S/c1-10-4-7-14(22-2)15(8-10)24(20,21)17-12-6-5-11(9-13(12)18)16(19)23-3/h4-9,17-18H,1-3H3. The van der Waals surface area contributed by atoms with Crippen molar-refractivity contribution in [1.29, 1.82) is 0 Å². The van der Waals surface area contributed by atoms with Gasteiger partial charge in [0.25, 0.3) is 10.0 Å². The third kappa shape index (κ3) is 3.60. The monoisotopic (exact) mass is 351 g/mol. The fourth-order valence-electron chi connectivity index (χ4n) is 2.06. The number of aryl methyl sites for hydroxylation is 1. The molecule has 0 aliphatic rings. The molecule has 0 aromatic heterocycles. The molecular weight excluding hydrogens is 334 g/mol. The predicted octanol–water partition coefficient (Wildman–Crippen LogP) is 2.30. The van der Waals surface area contributed by atoms with Crippen LogP contribution in [0.15, 0.2) is 41.3 Å². The summed E-state index contributed by atoms with van der Waals surface area (Å²) in [5.41, 5.74) is 0.777. The minimum atomic E-state index is -3.99. The van der Waals surface area contributed by atoms with E-state index in [1.165, 1.54) is 32.4 Å². The van der Waals surface area contributed by atoms with Crippen LogP contribution in [0.25, 0.3) is 0 Å². The zero-order valence-corrected chi connectivity index (χ0v) is 14.2. The molecule has 128 valence electrons. The molecule has 0 aliphatic carbocycles. The second-order valence-corrected chi connectivity index (χ2v) is 6.63. The summed E-state index contributed by atoms with van der Waals surface area (Å²) < 4.78 is 37.0. The summed E-state index contributed by atoms with van der Waals surface area (Å²) in [7, 11) is -1.42. The first-order valence-corrected chi connectivity index (χ1v) is 8.35. The number of carbonyl (C=O) groups is 1. The van der Waals surface area contributed by atoms with Gasteiger partial charge in [-0.15, -0.1) is 0 Å². The topological polar surface area (TPSA) is 102 Å². The van der Waals surface area contributed by atoms with E-state index in [-0.39, 0.29) is 21.9 Å². The largest absolute Gasteiger partial charge is 0.506 e. The quantitative estimate of drug-likeness (QED) is 0.633. The van der Waals surface area contributed by atoms with E-state index in [9.17, 15) is 18.3 Å². The van der Waals surface area contributed by atoms with Crippen molar-refractivity contribution in [3.63, 3.8) is 0 Å². The molecule has 0 unspecified atom stereocenters. The number of ether oxygens (including phenoxy) is 2. The normalized spacial score (nSPS) is 11.0. The summed E-state index contributed by atoms with van der Waals surface area (Å²) in [5, 5.41) is 9.96. The number of esters is 1. The van der Waals surface area contributed by atoms with Crippen molar-refractivity contribution in [2.75, 3.05) is 18.9 Å². The molecular formula is C16H17NO6S. The number of hydrogen-bond acceptors (Lipinski definition) is 6. The highest BCUT2D eigenvalue weighted by atomic mass is 32.2. The Morgan fingerprint density at radius 2 is 1.83 bits per heavy atom. The molecule has 2 N–H and O–H groups in total. The molecule has 0 fully saturated rings. The lowest BCUT2D eigenvalue weighted by Gasteiger charge is -2.13. The molecule has 2 aromatic rings. The van der Waals surface area contributed by atoms with Crippen LogP contribution in [0.5, 0.6) is 11.5 Å². The van der Waals surface area contributed by atoms with Crippen LogP contribution in [0.2, 0.25) is 0 Å². The zero-order valence-electron chi connectivity index (χ0n) is 13.4. The Balaban J connectivity index is 2.40. The van der Waals surface area contributed by atoms with Crippen molar-refractivity contribution in [3.05, 3.63) is 47.5 Å². The minimum Gasteiger partial charge on any atom is -0.506 e. The highest BCUT2D eigenvalue weighted by Crippen LogP contribution is 2.30. The van der Waals surface area contributed by atoms with Crippen LogP contribution in [-0.2, 0) is 14.8 Å². The molecule has 7 nitrogen and oxygen atoms in total. The average molecular weight is 351 g/mol. The number of phenolic OH excluding ortho intramolecular Hbond substituents is 1. The van der Waals surface area contributed by atoms with Gasteiger partial charge >= 0.3 is 5.97 Å². The fourth-order valence-corrected chi connectivity index (χ4v) is 3.39. The molecule has 0 bridgehead atoms. The lowest BCUT2D eigenvalue weighted by atomic mass is 10.2. The maximum atomic E-state index is 12.6. The van der Waals surface area contributed by atoms with Crippen LogP contribution < -0.4 is 9.46 Å². The highest BCUT2D eigenvalue weighted by Gasteiger charge is 2.21. The summed E-state index contributed by atoms with van der Waals surface area (Å²) in [6.45, 7) is 1.75. The second kappa shape index (κ2) is 6.79. The van der Waals surface area contributed by atoms with E-state index in [1.54, 1.807) is 19.1 Å². The summed E-state index contributed by atoms with van der Waals surface area (Å²) in [6, 6.07) is 8.47. The number of nitrogens with one attached hydrogen (secondary N) is 1. The summed E-state index contributed by atoms with van der Waals surface area (Å²) in [5.74, 6) is -0.855. The smallest absolute Gasteiger partial charge is 0.337 e. The molecule has 0 saturated carbocycles. The Labute approximate surface area is 139 Å². The number of sulfonamides is 1. The van der Waals surface area contributed by atoms with E-state index in [1.807, 2.05) is 0 Å². The Kier molecular flexibility index (Phi) is 4.99. The van der Waals surface area contributed by atoms with Gasteiger partial charge in [-0.05, 0) is 42.8 Å². The fraction of sp³-hybridized carbons (Fsp3) is 0.188. The number of rotatable bonds is 5. The number of carbonyl (C=O) groups excluding carboxylic acids is 1. The lowest BCUT2D eigenvalue weighted by molar-refractivity contribution is 0.0600. The number of anilines is 1. The van der Waals surface area contributed by atoms with Crippen molar-refractivity contribution in [2.24, 2.45) is 0 Å². The molecule has 0 saturated heterocycles. The third-order valence-corrected chi connectivity index (χ3v) is 4.66. The number of hydrogen-bond donors (Lipinski definition) is 2. The van der Waals surface area contributed by atoms with Crippen LogP contribution in [0.1, 0.15) is 15.9 Å². The molecule has 0 atom stereocenters. The van der Waals surface area contributed by atoms with Crippen LogP contribution in [0.4, 0.5) is 5.69 Å².